The fourth-order valence-electron chi connectivity index (χ4n) is 6.33. The molecule has 2 aromatic heterocycles. The van der Waals surface area contributed by atoms with Crippen LogP contribution in [0.4, 0.5) is 5.69 Å². The van der Waals surface area contributed by atoms with Gasteiger partial charge in [-0.05, 0) is 63.5 Å². The quantitative estimate of drug-likeness (QED) is 0.286. The number of hydrogen-bond acceptors (Lipinski definition) is 9. The minimum absolute atomic E-state index is 0.0365. The molecule has 2 aromatic carbocycles. The van der Waals surface area contributed by atoms with E-state index < -0.39 is 17.5 Å². The van der Waals surface area contributed by atoms with E-state index in [0.29, 0.717) is 48.5 Å². The van der Waals surface area contributed by atoms with Crippen molar-refractivity contribution < 1.29 is 24.2 Å². The number of aromatic nitrogens is 1. The van der Waals surface area contributed by atoms with E-state index in [9.17, 15) is 19.8 Å². The first-order chi connectivity index (χ1) is 20.7. The van der Waals surface area contributed by atoms with Crippen LogP contribution in [0.1, 0.15) is 36.3 Å². The molecule has 0 bridgehead atoms. The number of aromatic hydroxyl groups is 2. The lowest BCUT2D eigenvalue weighted by atomic mass is 9.85. The number of carbonyl (C=O) groups is 1. The van der Waals surface area contributed by atoms with Crippen molar-refractivity contribution >= 4 is 34.2 Å². The number of esters is 1. The standard InChI is InChI=1S/C33H34ClN3O6/c1-19-13-21(17-35-16-19)37-11-7-20(8-12-37)33(41)43-29-18-36(2)10-9-23(29)30-25(38)14-26(39)31-27(40)15-28(42-32(30)31)22-5-3-4-6-24(22)34/h3-6,13-17,20,23,29,38-39H,7-12,18H2,1-2H3/t23-,29+/m0/s1. The zero-order valence-corrected chi connectivity index (χ0v) is 24.9. The van der Waals surface area contributed by atoms with Gasteiger partial charge in [-0.15, -0.1) is 0 Å². The summed E-state index contributed by atoms with van der Waals surface area (Å²) in [6, 6.07) is 11.5. The highest BCUT2D eigenvalue weighted by atomic mass is 35.5. The van der Waals surface area contributed by atoms with E-state index in [0.717, 1.165) is 30.4 Å². The molecule has 224 valence electrons. The van der Waals surface area contributed by atoms with Crippen LogP contribution in [0, 0.1) is 12.8 Å². The van der Waals surface area contributed by atoms with E-state index >= 15 is 0 Å². The molecule has 9 nitrogen and oxygen atoms in total. The van der Waals surface area contributed by atoms with E-state index in [4.69, 9.17) is 20.8 Å². The van der Waals surface area contributed by atoms with Crippen LogP contribution < -0.4 is 10.3 Å². The summed E-state index contributed by atoms with van der Waals surface area (Å²) in [5.74, 6) is -1.38. The van der Waals surface area contributed by atoms with Gasteiger partial charge in [-0.2, -0.15) is 0 Å². The van der Waals surface area contributed by atoms with Crippen LogP contribution in [0.2, 0.25) is 5.02 Å². The lowest BCUT2D eigenvalue weighted by Gasteiger charge is -2.38. The van der Waals surface area contributed by atoms with Gasteiger partial charge in [0.15, 0.2) is 5.43 Å². The highest BCUT2D eigenvalue weighted by Crippen LogP contribution is 2.44. The van der Waals surface area contributed by atoms with Gasteiger partial charge in [0, 0.05) is 55.0 Å². The number of pyridine rings is 1. The summed E-state index contributed by atoms with van der Waals surface area (Å²) in [6.07, 6.45) is 4.92. The van der Waals surface area contributed by atoms with Crippen molar-refractivity contribution in [2.45, 2.75) is 38.2 Å². The second kappa shape index (κ2) is 11.9. The number of aryl methyl sites for hydroxylation is 1. The average Bonchev–Trinajstić information content (AvgIpc) is 2.98. The fourth-order valence-corrected chi connectivity index (χ4v) is 6.55. The van der Waals surface area contributed by atoms with Crippen LogP contribution in [-0.4, -0.2) is 65.4 Å². The molecule has 0 saturated carbocycles. The molecule has 2 aliphatic heterocycles. The Labute approximate surface area is 254 Å². The van der Waals surface area contributed by atoms with E-state index in [-0.39, 0.29) is 40.1 Å². The fraction of sp³-hybridized carbons (Fsp3) is 0.364. The van der Waals surface area contributed by atoms with Gasteiger partial charge in [0.05, 0.1) is 22.8 Å². The maximum atomic E-state index is 13.5. The number of carbonyl (C=O) groups excluding carboxylic acids is 1. The van der Waals surface area contributed by atoms with Crippen LogP contribution in [0.25, 0.3) is 22.3 Å². The third-order valence-corrected chi connectivity index (χ3v) is 8.92. The maximum Gasteiger partial charge on any atom is 0.309 e. The highest BCUT2D eigenvalue weighted by Gasteiger charge is 2.38. The third kappa shape index (κ3) is 5.79. The number of ether oxygens (including phenoxy) is 1. The minimum atomic E-state index is -0.599. The molecule has 0 aliphatic carbocycles. The van der Waals surface area contributed by atoms with Gasteiger partial charge in [0.25, 0.3) is 0 Å². The first kappa shape index (κ1) is 29.0. The number of hydrogen-bond donors (Lipinski definition) is 2. The van der Waals surface area contributed by atoms with Crippen molar-refractivity contribution in [3.8, 4) is 22.8 Å². The molecule has 4 aromatic rings. The van der Waals surface area contributed by atoms with Gasteiger partial charge < -0.3 is 29.2 Å². The minimum Gasteiger partial charge on any atom is -0.507 e. The predicted molar refractivity (Wildman–Crippen MR) is 165 cm³/mol. The van der Waals surface area contributed by atoms with Crippen molar-refractivity contribution in [1.29, 1.82) is 0 Å². The molecule has 2 aliphatic rings. The maximum absolute atomic E-state index is 13.5. The summed E-state index contributed by atoms with van der Waals surface area (Å²) in [5.41, 5.74) is 2.59. The predicted octanol–water partition coefficient (Wildman–Crippen LogP) is 5.48. The number of benzene rings is 2. The number of phenolic OH excluding ortho intramolecular Hbond substituents is 2. The van der Waals surface area contributed by atoms with Gasteiger partial charge in [0.1, 0.15) is 34.3 Å². The van der Waals surface area contributed by atoms with Crippen molar-refractivity contribution in [2.75, 3.05) is 38.1 Å². The third-order valence-electron chi connectivity index (χ3n) is 8.59. The number of halogens is 1. The average molecular weight is 604 g/mol. The largest absolute Gasteiger partial charge is 0.507 e. The SMILES string of the molecule is Cc1cncc(N2CCC(C(=O)O[C@@H]3CN(C)CC[C@@H]3c3c(O)cc(O)c4c(=O)cc(-c5ccccc5Cl)oc34)CC2)c1. The summed E-state index contributed by atoms with van der Waals surface area (Å²) < 4.78 is 12.4. The van der Waals surface area contributed by atoms with Gasteiger partial charge in [-0.1, -0.05) is 23.7 Å². The molecular weight excluding hydrogens is 570 g/mol. The monoisotopic (exact) mass is 603 g/mol. The Morgan fingerprint density at radius 2 is 1.81 bits per heavy atom. The zero-order chi connectivity index (χ0) is 30.2. The molecule has 0 unspecified atom stereocenters. The smallest absolute Gasteiger partial charge is 0.309 e. The Hall–Kier alpha value is -4.08. The van der Waals surface area contributed by atoms with Crippen LogP contribution in [-0.2, 0) is 9.53 Å². The molecule has 2 fully saturated rings. The molecule has 2 atom stereocenters. The summed E-state index contributed by atoms with van der Waals surface area (Å²) >= 11 is 6.40. The Morgan fingerprint density at radius 3 is 2.56 bits per heavy atom. The second-order valence-corrected chi connectivity index (χ2v) is 12.0. The molecule has 2 N–H and O–H groups in total. The Bertz CT molecular complexity index is 1730. The molecular formula is C33H34ClN3O6. The number of likely N-dealkylation sites (N-methyl/N-ethyl adjacent to an activating group) is 1. The molecule has 2 saturated heterocycles. The lowest BCUT2D eigenvalue weighted by molar-refractivity contribution is -0.158. The number of nitrogens with zero attached hydrogens (tertiary/aromatic N) is 3. The molecule has 0 spiro atoms. The Kier molecular flexibility index (Phi) is 8.03. The summed E-state index contributed by atoms with van der Waals surface area (Å²) in [6.45, 7) is 4.57. The topological polar surface area (TPSA) is 116 Å². The number of anilines is 1. The zero-order valence-electron chi connectivity index (χ0n) is 24.1. The van der Waals surface area contributed by atoms with Crippen molar-refractivity contribution in [3.05, 3.63) is 81.2 Å². The van der Waals surface area contributed by atoms with Crippen LogP contribution in [0.3, 0.4) is 0 Å². The molecule has 0 radical (unpaired) electrons. The van der Waals surface area contributed by atoms with Gasteiger partial charge in [-0.3, -0.25) is 14.6 Å². The number of piperidine rings is 2. The van der Waals surface area contributed by atoms with E-state index in [1.165, 1.54) is 6.07 Å². The first-order valence-electron chi connectivity index (χ1n) is 14.5. The van der Waals surface area contributed by atoms with Crippen LogP contribution in [0.5, 0.6) is 11.5 Å². The second-order valence-electron chi connectivity index (χ2n) is 11.6. The molecule has 10 heteroatoms. The summed E-state index contributed by atoms with van der Waals surface area (Å²) in [7, 11) is 1.95. The molecule has 43 heavy (non-hydrogen) atoms. The van der Waals surface area contributed by atoms with Gasteiger partial charge in [0.2, 0.25) is 0 Å². The molecule has 0 amide bonds. The Balaban J connectivity index is 1.30. The summed E-state index contributed by atoms with van der Waals surface area (Å²) in [4.78, 5) is 35.4. The van der Waals surface area contributed by atoms with Crippen molar-refractivity contribution in [3.63, 3.8) is 0 Å². The molecule has 6 rings (SSSR count). The van der Waals surface area contributed by atoms with Crippen LogP contribution in [0.15, 0.2) is 64.1 Å². The molecule has 4 heterocycles. The van der Waals surface area contributed by atoms with Crippen molar-refractivity contribution in [1.82, 2.24) is 9.88 Å². The summed E-state index contributed by atoms with van der Waals surface area (Å²) in [5, 5.41) is 22.2. The van der Waals surface area contributed by atoms with Gasteiger partial charge in [-0.25, -0.2) is 0 Å². The normalized spacial score (nSPS) is 19.9. The number of likely N-dealkylation sites (tertiary alicyclic amines) is 1. The number of fused-ring (bicyclic) bond motifs is 1. The highest BCUT2D eigenvalue weighted by molar-refractivity contribution is 6.33. The van der Waals surface area contributed by atoms with E-state index in [1.54, 1.807) is 24.3 Å². The van der Waals surface area contributed by atoms with E-state index in [1.807, 2.05) is 26.4 Å². The Morgan fingerprint density at radius 1 is 1.05 bits per heavy atom. The lowest BCUT2D eigenvalue weighted by Crippen LogP contribution is -2.45. The van der Waals surface area contributed by atoms with Crippen LogP contribution >= 0.6 is 11.6 Å². The van der Waals surface area contributed by atoms with Gasteiger partial charge >= 0.3 is 5.97 Å². The number of phenols is 2. The van der Waals surface area contributed by atoms with Crippen molar-refractivity contribution in [2.24, 2.45) is 5.92 Å². The number of rotatable bonds is 5. The first-order valence-corrected chi connectivity index (χ1v) is 14.9. The van der Waals surface area contributed by atoms with E-state index in [2.05, 4.69) is 20.9 Å².